The van der Waals surface area contributed by atoms with Crippen molar-refractivity contribution in [2.45, 2.75) is 26.1 Å². The van der Waals surface area contributed by atoms with Gasteiger partial charge >= 0.3 is 6.18 Å². The van der Waals surface area contributed by atoms with E-state index < -0.39 is 11.7 Å². The topological polar surface area (TPSA) is 49.4 Å². The molecule has 1 aliphatic heterocycles. The molecule has 0 saturated carbocycles. The molecule has 1 aliphatic rings. The molecule has 0 aromatic heterocycles. The number of carbonyl (C=O) groups excluding carboxylic acids is 2. The number of alkyl halides is 3. The average Bonchev–Trinajstić information content (AvgIpc) is 2.78. The molecule has 0 aliphatic carbocycles. The van der Waals surface area contributed by atoms with Gasteiger partial charge in [-0.25, -0.2) is 0 Å². The Kier molecular flexibility index (Phi) is 6.33. The summed E-state index contributed by atoms with van der Waals surface area (Å²) in [5, 5.41) is 2.91. The average molecular weight is 452 g/mol. The van der Waals surface area contributed by atoms with Gasteiger partial charge in [-0.05, 0) is 65.9 Å². The van der Waals surface area contributed by atoms with Crippen molar-refractivity contribution < 1.29 is 22.8 Å². The highest BCUT2D eigenvalue weighted by Crippen LogP contribution is 2.32. The van der Waals surface area contributed by atoms with Gasteiger partial charge in [0.25, 0.3) is 5.91 Å². The fourth-order valence-electron chi connectivity index (χ4n) is 4.11. The molecule has 0 saturated heterocycles. The molecule has 0 bridgehead atoms. The van der Waals surface area contributed by atoms with E-state index in [4.69, 9.17) is 0 Å². The minimum absolute atomic E-state index is 0.133. The summed E-state index contributed by atoms with van der Waals surface area (Å²) in [7, 11) is 0. The van der Waals surface area contributed by atoms with Gasteiger partial charge in [0.2, 0.25) is 0 Å². The summed E-state index contributed by atoms with van der Waals surface area (Å²) in [6.45, 7) is 3.48. The Hall–Kier alpha value is -3.45. The molecule has 1 heterocycles. The lowest BCUT2D eigenvalue weighted by Crippen LogP contribution is -2.34. The number of halogens is 3. The molecule has 0 spiro atoms. The lowest BCUT2D eigenvalue weighted by Gasteiger charge is -2.28. The second kappa shape index (κ2) is 9.19. The molecule has 0 atom stereocenters. The number of nitrogens with one attached hydrogen (secondary N) is 1. The maximum atomic E-state index is 13.0. The van der Waals surface area contributed by atoms with Crippen LogP contribution in [0.3, 0.4) is 0 Å². The Morgan fingerprint density at radius 2 is 1.70 bits per heavy atom. The molecule has 0 unspecified atom stereocenters. The molecular weight excluding hydrogens is 429 g/mol. The van der Waals surface area contributed by atoms with E-state index in [1.54, 1.807) is 31.2 Å². The number of hydrogen-bond acceptors (Lipinski definition) is 3. The molecule has 1 amide bonds. The van der Waals surface area contributed by atoms with Crippen molar-refractivity contribution in [2.75, 3.05) is 18.4 Å². The SMILES string of the molecule is CC(=O)CN1CCc2cc(NC(=O)c3ccccc3-c3ccc(C(F)(F)F)cc3)ccc2C1. The standard InChI is InChI=1S/C26H23F3N2O2/c1-17(32)15-31-13-12-19-14-22(11-8-20(19)16-31)30-25(33)24-5-3-2-4-23(24)18-6-9-21(10-7-18)26(27,28)29/h2-11,14H,12-13,15-16H2,1H3,(H,30,33). The van der Waals surface area contributed by atoms with Gasteiger partial charge in [-0.15, -0.1) is 0 Å². The predicted molar refractivity (Wildman–Crippen MR) is 121 cm³/mol. The summed E-state index contributed by atoms with van der Waals surface area (Å²) in [4.78, 5) is 26.5. The third kappa shape index (κ3) is 5.31. The fourth-order valence-corrected chi connectivity index (χ4v) is 4.11. The lowest BCUT2D eigenvalue weighted by molar-refractivity contribution is -0.137. The van der Waals surface area contributed by atoms with Crippen LogP contribution < -0.4 is 5.32 Å². The van der Waals surface area contributed by atoms with Crippen molar-refractivity contribution in [3.63, 3.8) is 0 Å². The van der Waals surface area contributed by atoms with E-state index in [0.29, 0.717) is 35.5 Å². The minimum Gasteiger partial charge on any atom is -0.322 e. The molecule has 170 valence electrons. The largest absolute Gasteiger partial charge is 0.416 e. The molecule has 4 rings (SSSR count). The monoisotopic (exact) mass is 452 g/mol. The van der Waals surface area contributed by atoms with Gasteiger partial charge in [0.05, 0.1) is 12.1 Å². The predicted octanol–water partition coefficient (Wildman–Crippen LogP) is 5.57. The van der Waals surface area contributed by atoms with Crippen molar-refractivity contribution in [1.82, 2.24) is 4.90 Å². The van der Waals surface area contributed by atoms with Gasteiger partial charge < -0.3 is 5.32 Å². The first-order valence-corrected chi connectivity index (χ1v) is 10.6. The maximum absolute atomic E-state index is 13.0. The van der Waals surface area contributed by atoms with Crippen molar-refractivity contribution in [1.29, 1.82) is 0 Å². The van der Waals surface area contributed by atoms with E-state index >= 15 is 0 Å². The van der Waals surface area contributed by atoms with Crippen LogP contribution in [0.15, 0.2) is 66.7 Å². The van der Waals surface area contributed by atoms with Crippen LogP contribution in [-0.4, -0.2) is 29.7 Å². The molecule has 33 heavy (non-hydrogen) atoms. The summed E-state index contributed by atoms with van der Waals surface area (Å²) >= 11 is 0. The van der Waals surface area contributed by atoms with Crippen LogP contribution in [0.4, 0.5) is 18.9 Å². The zero-order valence-corrected chi connectivity index (χ0v) is 18.1. The van der Waals surface area contributed by atoms with Gasteiger partial charge in [-0.2, -0.15) is 13.2 Å². The third-order valence-corrected chi connectivity index (χ3v) is 5.70. The van der Waals surface area contributed by atoms with Crippen LogP contribution >= 0.6 is 0 Å². The van der Waals surface area contributed by atoms with E-state index in [9.17, 15) is 22.8 Å². The molecule has 7 heteroatoms. The van der Waals surface area contributed by atoms with Crippen molar-refractivity contribution >= 4 is 17.4 Å². The zero-order chi connectivity index (χ0) is 23.6. The maximum Gasteiger partial charge on any atom is 0.416 e. The van der Waals surface area contributed by atoms with Crippen LogP contribution in [0.2, 0.25) is 0 Å². The second-order valence-corrected chi connectivity index (χ2v) is 8.22. The highest BCUT2D eigenvalue weighted by Gasteiger charge is 2.30. The Balaban J connectivity index is 1.53. The Morgan fingerprint density at radius 3 is 2.39 bits per heavy atom. The number of benzene rings is 3. The quantitative estimate of drug-likeness (QED) is 0.551. The van der Waals surface area contributed by atoms with E-state index in [-0.39, 0.29) is 11.7 Å². The normalized spacial score (nSPS) is 13.9. The number of carbonyl (C=O) groups is 2. The number of fused-ring (bicyclic) bond motifs is 1. The van der Waals surface area contributed by atoms with Crippen molar-refractivity contribution in [3.8, 4) is 11.1 Å². The van der Waals surface area contributed by atoms with Crippen LogP contribution in [0.25, 0.3) is 11.1 Å². The third-order valence-electron chi connectivity index (χ3n) is 5.70. The van der Waals surface area contributed by atoms with E-state index in [1.165, 1.54) is 12.1 Å². The van der Waals surface area contributed by atoms with Crippen LogP contribution in [0, 0.1) is 0 Å². The first kappa shape index (κ1) is 22.7. The second-order valence-electron chi connectivity index (χ2n) is 8.22. The van der Waals surface area contributed by atoms with Gasteiger partial charge in [0, 0.05) is 24.3 Å². The number of rotatable bonds is 5. The highest BCUT2D eigenvalue weighted by molar-refractivity contribution is 6.08. The van der Waals surface area contributed by atoms with Crippen LogP contribution in [-0.2, 0) is 23.9 Å². The summed E-state index contributed by atoms with van der Waals surface area (Å²) in [6.07, 6.45) is -3.63. The molecule has 4 nitrogen and oxygen atoms in total. The molecule has 3 aromatic carbocycles. The Labute approximate surface area is 190 Å². The van der Waals surface area contributed by atoms with Crippen molar-refractivity contribution in [2.24, 2.45) is 0 Å². The summed E-state index contributed by atoms with van der Waals surface area (Å²) in [6, 6.07) is 17.3. The van der Waals surface area contributed by atoms with Gasteiger partial charge in [-0.3, -0.25) is 14.5 Å². The first-order chi connectivity index (χ1) is 15.7. The summed E-state index contributed by atoms with van der Waals surface area (Å²) in [5.41, 5.74) is 3.65. The van der Waals surface area contributed by atoms with Crippen LogP contribution in [0.5, 0.6) is 0 Å². The van der Waals surface area contributed by atoms with Crippen LogP contribution in [0.1, 0.15) is 34.0 Å². The van der Waals surface area contributed by atoms with E-state index in [2.05, 4.69) is 10.2 Å². The number of anilines is 1. The highest BCUT2D eigenvalue weighted by atomic mass is 19.4. The number of Topliss-reactive ketones (excluding diaryl/α,β-unsaturated/α-hetero) is 1. The molecule has 3 aromatic rings. The number of hydrogen-bond donors (Lipinski definition) is 1. The molecule has 0 fully saturated rings. The van der Waals surface area contributed by atoms with Gasteiger partial charge in [0.15, 0.2) is 0 Å². The van der Waals surface area contributed by atoms with E-state index in [0.717, 1.165) is 36.2 Å². The summed E-state index contributed by atoms with van der Waals surface area (Å²) in [5.74, 6) is -0.200. The van der Waals surface area contributed by atoms with Gasteiger partial charge in [0.1, 0.15) is 5.78 Å². The first-order valence-electron chi connectivity index (χ1n) is 10.6. The lowest BCUT2D eigenvalue weighted by atomic mass is 9.97. The van der Waals surface area contributed by atoms with E-state index in [1.807, 2.05) is 18.2 Å². The molecular formula is C26H23F3N2O2. The Morgan fingerprint density at radius 1 is 0.970 bits per heavy atom. The smallest absolute Gasteiger partial charge is 0.322 e. The zero-order valence-electron chi connectivity index (χ0n) is 18.1. The van der Waals surface area contributed by atoms with Crippen molar-refractivity contribution in [3.05, 3.63) is 89.0 Å². The van der Waals surface area contributed by atoms with Gasteiger partial charge in [-0.1, -0.05) is 36.4 Å². The Bertz CT molecular complexity index is 1190. The number of ketones is 1. The number of nitrogens with zero attached hydrogens (tertiary/aromatic N) is 1. The summed E-state index contributed by atoms with van der Waals surface area (Å²) < 4.78 is 38.7. The minimum atomic E-state index is -4.41. The fraction of sp³-hybridized carbons (Fsp3) is 0.231. The molecule has 0 radical (unpaired) electrons. The molecule has 1 N–H and O–H groups in total. The number of amides is 1.